The molecule has 0 bridgehead atoms. The number of rotatable bonds is 4. The summed E-state index contributed by atoms with van der Waals surface area (Å²) in [7, 11) is 0. The maximum Gasteiger partial charge on any atom is 0.270 e. The highest BCUT2D eigenvalue weighted by molar-refractivity contribution is 5.34. The van der Waals surface area contributed by atoms with Gasteiger partial charge in [0.25, 0.3) is 5.92 Å². The quantitative estimate of drug-likeness (QED) is 0.803. The standard InChI is InChI=1S/C21H24F2N2/c1-7-17-13-12-15(4)25(20(17)24-14(2)3)16(5)18-10-8-9-11-19(18)21(6,22)23/h7-13,16H,2,4H2,1,3,5-6H3/b17-7-,24-20?. The largest absolute Gasteiger partial charge is 0.319 e. The lowest BCUT2D eigenvalue weighted by molar-refractivity contribution is 0.0161. The van der Waals surface area contributed by atoms with Gasteiger partial charge in [0.15, 0.2) is 0 Å². The molecule has 0 fully saturated rings. The van der Waals surface area contributed by atoms with Crippen molar-refractivity contribution in [2.24, 2.45) is 4.99 Å². The van der Waals surface area contributed by atoms with E-state index in [1.807, 2.05) is 36.6 Å². The first-order chi connectivity index (χ1) is 11.7. The van der Waals surface area contributed by atoms with Gasteiger partial charge in [0, 0.05) is 28.8 Å². The molecular formula is C21H24F2N2. The van der Waals surface area contributed by atoms with Crippen LogP contribution in [-0.4, -0.2) is 4.57 Å². The van der Waals surface area contributed by atoms with E-state index in [-0.39, 0.29) is 11.6 Å². The lowest BCUT2D eigenvalue weighted by atomic mass is 9.97. The molecule has 1 aromatic heterocycles. The maximum absolute atomic E-state index is 14.1. The van der Waals surface area contributed by atoms with E-state index in [0.29, 0.717) is 22.1 Å². The van der Waals surface area contributed by atoms with Gasteiger partial charge in [-0.3, -0.25) is 0 Å². The second kappa shape index (κ2) is 7.18. The Labute approximate surface area is 147 Å². The molecule has 0 saturated carbocycles. The molecule has 0 saturated heterocycles. The van der Waals surface area contributed by atoms with Crippen LogP contribution < -0.4 is 16.1 Å². The number of pyridine rings is 1. The van der Waals surface area contributed by atoms with Crippen LogP contribution in [0.25, 0.3) is 12.7 Å². The highest BCUT2D eigenvalue weighted by atomic mass is 19.3. The van der Waals surface area contributed by atoms with Crippen LogP contribution >= 0.6 is 0 Å². The summed E-state index contributed by atoms with van der Waals surface area (Å²) in [6, 6.07) is 10.1. The van der Waals surface area contributed by atoms with Crippen LogP contribution in [0.1, 0.15) is 44.9 Å². The zero-order chi connectivity index (χ0) is 18.8. The molecular weight excluding hydrogens is 318 g/mol. The molecule has 0 aliphatic carbocycles. The van der Waals surface area contributed by atoms with E-state index in [1.165, 1.54) is 6.07 Å². The van der Waals surface area contributed by atoms with Gasteiger partial charge < -0.3 is 4.57 Å². The molecule has 2 rings (SSSR count). The average molecular weight is 342 g/mol. The average Bonchev–Trinajstić information content (AvgIpc) is 2.53. The Balaban J connectivity index is 2.86. The first-order valence-electron chi connectivity index (χ1n) is 8.21. The summed E-state index contributed by atoms with van der Waals surface area (Å²) in [6.07, 6.45) is 1.94. The smallest absolute Gasteiger partial charge is 0.270 e. The van der Waals surface area contributed by atoms with Gasteiger partial charge in [-0.2, -0.15) is 0 Å². The molecule has 1 heterocycles. The van der Waals surface area contributed by atoms with Crippen molar-refractivity contribution >= 4 is 12.7 Å². The van der Waals surface area contributed by atoms with Crippen molar-refractivity contribution < 1.29 is 8.78 Å². The molecule has 0 N–H and O–H groups in total. The number of hydrogen-bond donors (Lipinski definition) is 0. The first kappa shape index (κ1) is 18.8. The van der Waals surface area contributed by atoms with Crippen LogP contribution in [0, 0.1) is 0 Å². The Bertz CT molecular complexity index is 963. The summed E-state index contributed by atoms with van der Waals surface area (Å²) in [6.45, 7) is 14.5. The summed E-state index contributed by atoms with van der Waals surface area (Å²) in [4.78, 5) is 4.54. The Morgan fingerprint density at radius 3 is 2.44 bits per heavy atom. The lowest BCUT2D eigenvalue weighted by Crippen LogP contribution is -2.44. The zero-order valence-electron chi connectivity index (χ0n) is 15.2. The van der Waals surface area contributed by atoms with Crippen molar-refractivity contribution in [2.75, 3.05) is 0 Å². The highest BCUT2D eigenvalue weighted by Crippen LogP contribution is 2.33. The normalized spacial score (nSPS) is 14.6. The van der Waals surface area contributed by atoms with Crippen molar-refractivity contribution in [3.63, 3.8) is 0 Å². The van der Waals surface area contributed by atoms with E-state index < -0.39 is 5.92 Å². The minimum atomic E-state index is -2.92. The number of alkyl halides is 2. The first-order valence-corrected chi connectivity index (χ1v) is 8.21. The van der Waals surface area contributed by atoms with E-state index >= 15 is 0 Å². The molecule has 25 heavy (non-hydrogen) atoms. The molecule has 132 valence electrons. The monoisotopic (exact) mass is 342 g/mol. The predicted octanol–water partition coefficient (Wildman–Crippen LogP) is 3.85. The number of benzene rings is 1. The molecule has 1 aromatic carbocycles. The summed E-state index contributed by atoms with van der Waals surface area (Å²) in [5.74, 6) is -2.92. The van der Waals surface area contributed by atoms with Crippen molar-refractivity contribution in [3.8, 4) is 0 Å². The van der Waals surface area contributed by atoms with Gasteiger partial charge >= 0.3 is 0 Å². The third kappa shape index (κ3) is 3.95. The van der Waals surface area contributed by atoms with Gasteiger partial charge in [-0.1, -0.05) is 43.5 Å². The minimum Gasteiger partial charge on any atom is -0.319 e. The van der Waals surface area contributed by atoms with E-state index in [0.717, 1.165) is 12.1 Å². The van der Waals surface area contributed by atoms with Crippen LogP contribution in [0.15, 0.2) is 53.7 Å². The van der Waals surface area contributed by atoms with Gasteiger partial charge in [0.1, 0.15) is 5.49 Å². The summed E-state index contributed by atoms with van der Waals surface area (Å²) in [5.41, 5.74) is 1.88. The fourth-order valence-corrected chi connectivity index (χ4v) is 2.97. The maximum atomic E-state index is 14.1. The molecule has 0 amide bonds. The van der Waals surface area contributed by atoms with Crippen LogP contribution in [0.2, 0.25) is 0 Å². The lowest BCUT2D eigenvalue weighted by Gasteiger charge is -2.23. The highest BCUT2D eigenvalue weighted by Gasteiger charge is 2.29. The third-order valence-electron chi connectivity index (χ3n) is 4.13. The van der Waals surface area contributed by atoms with Gasteiger partial charge in [-0.05, 0) is 38.5 Å². The topological polar surface area (TPSA) is 17.3 Å². The Morgan fingerprint density at radius 2 is 1.88 bits per heavy atom. The summed E-state index contributed by atoms with van der Waals surface area (Å²) in [5, 5.41) is 1.61. The molecule has 0 spiro atoms. The fourth-order valence-electron chi connectivity index (χ4n) is 2.97. The number of allylic oxidation sites excluding steroid dienone is 1. The van der Waals surface area contributed by atoms with Crippen molar-refractivity contribution in [1.29, 1.82) is 0 Å². The van der Waals surface area contributed by atoms with E-state index in [4.69, 9.17) is 0 Å². The molecule has 4 heteroatoms. The summed E-state index contributed by atoms with van der Waals surface area (Å²) < 4.78 is 30.0. The molecule has 2 aromatic rings. The van der Waals surface area contributed by atoms with Gasteiger partial charge in [0.05, 0.1) is 6.04 Å². The minimum absolute atomic E-state index is 0.0153. The van der Waals surface area contributed by atoms with Crippen LogP contribution in [-0.2, 0) is 5.92 Å². The van der Waals surface area contributed by atoms with Crippen LogP contribution in [0.4, 0.5) is 8.78 Å². The van der Waals surface area contributed by atoms with E-state index in [1.54, 1.807) is 25.1 Å². The number of hydrogen-bond acceptors (Lipinski definition) is 1. The molecule has 0 radical (unpaired) electrons. The summed E-state index contributed by atoms with van der Waals surface area (Å²) >= 11 is 0. The number of halogens is 2. The number of nitrogens with zero attached hydrogens (tertiary/aromatic N) is 2. The Morgan fingerprint density at radius 1 is 1.24 bits per heavy atom. The molecule has 0 aliphatic heterocycles. The van der Waals surface area contributed by atoms with Crippen LogP contribution in [0.3, 0.4) is 0 Å². The zero-order valence-corrected chi connectivity index (χ0v) is 15.2. The fraction of sp³-hybridized carbons (Fsp3) is 0.286. The Kier molecular flexibility index (Phi) is 5.41. The van der Waals surface area contributed by atoms with Gasteiger partial charge in [-0.15, -0.1) is 0 Å². The van der Waals surface area contributed by atoms with Crippen LogP contribution in [0.5, 0.6) is 0 Å². The molecule has 2 nitrogen and oxygen atoms in total. The van der Waals surface area contributed by atoms with Crippen molar-refractivity contribution in [1.82, 2.24) is 4.57 Å². The predicted molar refractivity (Wildman–Crippen MR) is 99.5 cm³/mol. The van der Waals surface area contributed by atoms with Crippen molar-refractivity contribution in [2.45, 2.75) is 39.7 Å². The molecule has 1 atom stereocenters. The van der Waals surface area contributed by atoms with E-state index in [2.05, 4.69) is 18.2 Å². The second-order valence-corrected chi connectivity index (χ2v) is 6.26. The third-order valence-corrected chi connectivity index (χ3v) is 4.13. The Hall–Kier alpha value is -2.49. The molecule has 0 aliphatic rings. The van der Waals surface area contributed by atoms with Crippen molar-refractivity contribution in [3.05, 3.63) is 75.9 Å². The second-order valence-electron chi connectivity index (χ2n) is 6.26. The van der Waals surface area contributed by atoms with Gasteiger partial charge in [-0.25, -0.2) is 13.8 Å². The number of aromatic nitrogens is 1. The molecule has 1 unspecified atom stereocenters. The van der Waals surface area contributed by atoms with Gasteiger partial charge in [0.2, 0.25) is 0 Å². The SMILES string of the molecule is C=C(C)N=c1/c(=C\C)ccc(=C)n1C(C)c1ccccc1C(C)(F)F. The van der Waals surface area contributed by atoms with E-state index in [9.17, 15) is 8.78 Å².